The maximum Gasteiger partial charge on any atom is 0.232 e. The van der Waals surface area contributed by atoms with E-state index in [0.29, 0.717) is 5.75 Å². The zero-order chi connectivity index (χ0) is 14.7. The van der Waals surface area contributed by atoms with Crippen molar-refractivity contribution in [3.8, 4) is 0 Å². The third-order valence-electron chi connectivity index (χ3n) is 3.98. The molecule has 3 rings (SSSR count). The molecule has 0 atom stereocenters. The number of carbonyl (C=O) groups excluding carboxylic acids is 1. The van der Waals surface area contributed by atoms with Gasteiger partial charge in [0.25, 0.3) is 0 Å². The van der Waals surface area contributed by atoms with Gasteiger partial charge in [-0.1, -0.05) is 30.3 Å². The number of rotatable bonds is 3. The average Bonchev–Trinajstić information content (AvgIpc) is 2.53. The van der Waals surface area contributed by atoms with Gasteiger partial charge in [0, 0.05) is 24.0 Å². The predicted molar refractivity (Wildman–Crippen MR) is 95.7 cm³/mol. The second-order valence-corrected chi connectivity index (χ2v) is 6.56. The van der Waals surface area contributed by atoms with E-state index in [1.807, 2.05) is 17.0 Å². The van der Waals surface area contributed by atoms with Gasteiger partial charge in [0.05, 0.1) is 5.75 Å². The molecule has 118 valence electrons. The number of nitrogens with zero attached hydrogens (tertiary/aromatic N) is 1. The molecule has 1 heterocycles. The summed E-state index contributed by atoms with van der Waals surface area (Å²) in [5, 5.41) is 2.46. The van der Waals surface area contributed by atoms with Crippen molar-refractivity contribution >= 4 is 40.8 Å². The summed E-state index contributed by atoms with van der Waals surface area (Å²) < 4.78 is 0. The zero-order valence-electron chi connectivity index (χ0n) is 12.4. The lowest BCUT2D eigenvalue weighted by Gasteiger charge is -2.30. The van der Waals surface area contributed by atoms with Crippen LogP contribution in [0.1, 0.15) is 12.8 Å². The number of amides is 1. The number of likely N-dealkylation sites (tertiary alicyclic amines) is 1. The molecule has 1 aliphatic heterocycles. The molecule has 2 N–H and O–H groups in total. The lowest BCUT2D eigenvalue weighted by Crippen LogP contribution is -2.43. The summed E-state index contributed by atoms with van der Waals surface area (Å²) >= 11 is 1.62. The maximum absolute atomic E-state index is 12.2. The Morgan fingerprint density at radius 2 is 1.82 bits per heavy atom. The first-order valence-electron chi connectivity index (χ1n) is 7.37. The summed E-state index contributed by atoms with van der Waals surface area (Å²) in [6.07, 6.45) is 1.85. The highest BCUT2D eigenvalue weighted by Crippen LogP contribution is 2.24. The molecule has 2 aromatic carbocycles. The van der Waals surface area contributed by atoms with Crippen LogP contribution >= 0.6 is 24.2 Å². The second-order valence-electron chi connectivity index (χ2n) is 5.52. The van der Waals surface area contributed by atoms with Crippen LogP contribution in [0.4, 0.5) is 0 Å². The Labute approximate surface area is 141 Å². The first-order chi connectivity index (χ1) is 10.2. The van der Waals surface area contributed by atoms with Crippen molar-refractivity contribution in [1.29, 1.82) is 0 Å². The Hall–Kier alpha value is -1.23. The number of hydrogen-bond acceptors (Lipinski definition) is 3. The number of carbonyl (C=O) groups is 1. The van der Waals surface area contributed by atoms with Gasteiger partial charge in [-0.25, -0.2) is 0 Å². The summed E-state index contributed by atoms with van der Waals surface area (Å²) in [6, 6.07) is 14.9. The van der Waals surface area contributed by atoms with E-state index in [-0.39, 0.29) is 24.4 Å². The van der Waals surface area contributed by atoms with Crippen LogP contribution in [0.15, 0.2) is 47.4 Å². The number of piperidine rings is 1. The SMILES string of the molecule is Cl.NC1CCN(C(=O)CSc2ccc3ccccc3c2)CC1. The van der Waals surface area contributed by atoms with E-state index in [2.05, 4.69) is 30.3 Å². The lowest BCUT2D eigenvalue weighted by molar-refractivity contribution is -0.129. The molecule has 1 aliphatic rings. The third-order valence-corrected chi connectivity index (χ3v) is 4.95. The van der Waals surface area contributed by atoms with Crippen molar-refractivity contribution < 1.29 is 4.79 Å². The Morgan fingerprint density at radius 1 is 1.14 bits per heavy atom. The van der Waals surface area contributed by atoms with Gasteiger partial charge in [0.2, 0.25) is 5.91 Å². The minimum atomic E-state index is 0. The Bertz CT molecular complexity index is 641. The molecular weight excluding hydrogens is 316 g/mol. The summed E-state index contributed by atoms with van der Waals surface area (Å²) in [5.41, 5.74) is 5.87. The number of hydrogen-bond donors (Lipinski definition) is 1. The molecule has 2 aromatic rings. The molecule has 0 spiro atoms. The van der Waals surface area contributed by atoms with E-state index in [1.54, 1.807) is 11.8 Å². The molecule has 1 saturated heterocycles. The number of nitrogens with two attached hydrogens (primary N) is 1. The second kappa shape index (κ2) is 7.86. The van der Waals surface area contributed by atoms with Crippen molar-refractivity contribution in [2.75, 3.05) is 18.8 Å². The van der Waals surface area contributed by atoms with Crippen molar-refractivity contribution in [2.45, 2.75) is 23.8 Å². The van der Waals surface area contributed by atoms with Gasteiger partial charge in [-0.3, -0.25) is 4.79 Å². The van der Waals surface area contributed by atoms with Gasteiger partial charge in [-0.15, -0.1) is 24.2 Å². The minimum Gasteiger partial charge on any atom is -0.342 e. The van der Waals surface area contributed by atoms with E-state index in [0.717, 1.165) is 30.8 Å². The van der Waals surface area contributed by atoms with Gasteiger partial charge >= 0.3 is 0 Å². The first-order valence-corrected chi connectivity index (χ1v) is 8.36. The molecule has 0 aromatic heterocycles. The van der Waals surface area contributed by atoms with Crippen LogP contribution in [0.25, 0.3) is 10.8 Å². The maximum atomic E-state index is 12.2. The molecule has 22 heavy (non-hydrogen) atoms. The molecule has 3 nitrogen and oxygen atoms in total. The molecule has 0 bridgehead atoms. The summed E-state index contributed by atoms with van der Waals surface area (Å²) in [7, 11) is 0. The Morgan fingerprint density at radius 3 is 2.55 bits per heavy atom. The Balaban J connectivity index is 0.00000176. The number of halogens is 1. The smallest absolute Gasteiger partial charge is 0.232 e. The fraction of sp³-hybridized carbons (Fsp3) is 0.353. The van der Waals surface area contributed by atoms with Crippen LogP contribution in [0.5, 0.6) is 0 Å². The number of thioether (sulfide) groups is 1. The highest BCUT2D eigenvalue weighted by molar-refractivity contribution is 8.00. The van der Waals surface area contributed by atoms with Gasteiger partial charge in [-0.2, -0.15) is 0 Å². The van der Waals surface area contributed by atoms with Gasteiger partial charge in [-0.05, 0) is 35.7 Å². The van der Waals surface area contributed by atoms with E-state index in [1.165, 1.54) is 10.8 Å². The van der Waals surface area contributed by atoms with Crippen molar-refractivity contribution in [3.63, 3.8) is 0 Å². The summed E-state index contributed by atoms with van der Waals surface area (Å²) in [6.45, 7) is 1.61. The predicted octanol–water partition coefficient (Wildman–Crippen LogP) is 3.30. The lowest BCUT2D eigenvalue weighted by atomic mass is 10.1. The van der Waals surface area contributed by atoms with Crippen LogP contribution in [-0.2, 0) is 4.79 Å². The highest BCUT2D eigenvalue weighted by Gasteiger charge is 2.20. The summed E-state index contributed by atoms with van der Waals surface area (Å²) in [4.78, 5) is 15.3. The van der Waals surface area contributed by atoms with Gasteiger partial charge in [0.15, 0.2) is 0 Å². The van der Waals surface area contributed by atoms with Crippen molar-refractivity contribution in [1.82, 2.24) is 4.90 Å². The third kappa shape index (κ3) is 4.15. The van der Waals surface area contributed by atoms with E-state index >= 15 is 0 Å². The molecule has 0 radical (unpaired) electrons. The summed E-state index contributed by atoms with van der Waals surface area (Å²) in [5.74, 6) is 0.730. The van der Waals surface area contributed by atoms with Crippen LogP contribution in [0.2, 0.25) is 0 Å². The molecular formula is C17H21ClN2OS. The molecule has 5 heteroatoms. The van der Waals surface area contributed by atoms with Crippen molar-refractivity contribution in [3.05, 3.63) is 42.5 Å². The zero-order valence-corrected chi connectivity index (χ0v) is 14.0. The standard InChI is InChI=1S/C17H20N2OS.ClH/c18-15-7-9-19(10-8-15)17(20)12-21-16-6-5-13-3-1-2-4-14(13)11-16;/h1-6,11,15H,7-10,12,18H2;1H. The fourth-order valence-electron chi connectivity index (χ4n) is 2.64. The molecule has 1 amide bonds. The minimum absolute atomic E-state index is 0. The quantitative estimate of drug-likeness (QED) is 0.875. The average molecular weight is 337 g/mol. The van der Waals surface area contributed by atoms with E-state index in [4.69, 9.17) is 5.73 Å². The molecule has 1 fully saturated rings. The molecule has 0 unspecified atom stereocenters. The van der Waals surface area contributed by atoms with Crippen LogP contribution in [0.3, 0.4) is 0 Å². The normalized spacial score (nSPS) is 15.6. The fourth-order valence-corrected chi connectivity index (χ4v) is 3.49. The van der Waals surface area contributed by atoms with E-state index < -0.39 is 0 Å². The van der Waals surface area contributed by atoms with Gasteiger partial charge < -0.3 is 10.6 Å². The Kier molecular flexibility index (Phi) is 6.12. The first kappa shape index (κ1) is 17.1. The number of fused-ring (bicyclic) bond motifs is 1. The molecule has 0 saturated carbocycles. The molecule has 0 aliphatic carbocycles. The largest absolute Gasteiger partial charge is 0.342 e. The van der Waals surface area contributed by atoms with Gasteiger partial charge in [0.1, 0.15) is 0 Å². The number of benzene rings is 2. The van der Waals surface area contributed by atoms with Crippen molar-refractivity contribution in [2.24, 2.45) is 5.73 Å². The van der Waals surface area contributed by atoms with Crippen LogP contribution < -0.4 is 5.73 Å². The van der Waals surface area contributed by atoms with Crippen LogP contribution in [-0.4, -0.2) is 35.7 Å². The topological polar surface area (TPSA) is 46.3 Å². The van der Waals surface area contributed by atoms with Crippen LogP contribution in [0, 0.1) is 0 Å². The monoisotopic (exact) mass is 336 g/mol. The van der Waals surface area contributed by atoms with E-state index in [9.17, 15) is 4.79 Å². The highest BCUT2D eigenvalue weighted by atomic mass is 35.5.